The first-order valence-corrected chi connectivity index (χ1v) is 5.43. The van der Waals surface area contributed by atoms with Crippen LogP contribution in [0.25, 0.3) is 22.3 Å². The third-order valence-electron chi connectivity index (χ3n) is 2.67. The van der Waals surface area contributed by atoms with Crippen molar-refractivity contribution in [3.8, 4) is 11.3 Å². The van der Waals surface area contributed by atoms with E-state index in [0.29, 0.717) is 16.7 Å². The van der Waals surface area contributed by atoms with Gasteiger partial charge in [-0.15, -0.1) is 0 Å². The highest BCUT2D eigenvalue weighted by molar-refractivity contribution is 5.76. The number of hydrogen-bond acceptors (Lipinski definition) is 3. The molecular formula is C13H9N3O2. The third-order valence-corrected chi connectivity index (χ3v) is 2.67. The second-order valence-corrected chi connectivity index (χ2v) is 3.87. The number of rotatable bonds is 1. The van der Waals surface area contributed by atoms with Crippen molar-refractivity contribution in [2.24, 2.45) is 0 Å². The lowest BCUT2D eigenvalue weighted by Crippen LogP contribution is -2.22. The number of aromatic amines is 2. The second kappa shape index (κ2) is 3.96. The Hall–Kier alpha value is -2.69. The number of nitrogens with zero attached hydrogens (tertiary/aromatic N) is 1. The predicted molar refractivity (Wildman–Crippen MR) is 68.4 cm³/mol. The maximum atomic E-state index is 11.5. The quantitative estimate of drug-likeness (QED) is 0.671. The van der Waals surface area contributed by atoms with Gasteiger partial charge in [-0.25, -0.2) is 9.78 Å². The summed E-state index contributed by atoms with van der Waals surface area (Å²) >= 11 is 0. The summed E-state index contributed by atoms with van der Waals surface area (Å²) in [6.45, 7) is 0. The van der Waals surface area contributed by atoms with Gasteiger partial charge in [0.25, 0.3) is 5.56 Å². The number of benzene rings is 1. The second-order valence-electron chi connectivity index (χ2n) is 3.87. The van der Waals surface area contributed by atoms with Gasteiger partial charge in [0.05, 0.1) is 11.1 Å². The lowest BCUT2D eigenvalue weighted by molar-refractivity contribution is 1.06. The first-order valence-electron chi connectivity index (χ1n) is 5.43. The molecule has 5 nitrogen and oxygen atoms in total. The van der Waals surface area contributed by atoms with E-state index in [2.05, 4.69) is 15.0 Å². The van der Waals surface area contributed by atoms with Crippen molar-refractivity contribution < 1.29 is 0 Å². The van der Waals surface area contributed by atoms with Crippen molar-refractivity contribution in [2.75, 3.05) is 0 Å². The van der Waals surface area contributed by atoms with Crippen molar-refractivity contribution in [2.45, 2.75) is 0 Å². The number of aromatic nitrogens is 3. The Morgan fingerprint density at radius 2 is 1.67 bits per heavy atom. The molecule has 0 aliphatic carbocycles. The monoisotopic (exact) mass is 239 g/mol. The van der Waals surface area contributed by atoms with Gasteiger partial charge >= 0.3 is 5.69 Å². The molecule has 0 fully saturated rings. The first kappa shape index (κ1) is 10.5. The normalized spacial score (nSPS) is 10.7. The highest BCUT2D eigenvalue weighted by Crippen LogP contribution is 2.17. The Bertz CT molecular complexity index is 819. The zero-order chi connectivity index (χ0) is 12.5. The molecule has 0 unspecified atom stereocenters. The minimum atomic E-state index is -0.551. The summed E-state index contributed by atoms with van der Waals surface area (Å²) in [4.78, 5) is 31.7. The topological polar surface area (TPSA) is 78.6 Å². The average molecular weight is 239 g/mol. The lowest BCUT2D eigenvalue weighted by atomic mass is 10.1. The molecule has 0 spiro atoms. The van der Waals surface area contributed by atoms with Gasteiger partial charge in [0, 0.05) is 5.56 Å². The van der Waals surface area contributed by atoms with Crippen LogP contribution in [0.2, 0.25) is 0 Å². The van der Waals surface area contributed by atoms with Gasteiger partial charge in [-0.05, 0) is 12.1 Å². The number of fused-ring (bicyclic) bond motifs is 1. The van der Waals surface area contributed by atoms with Crippen molar-refractivity contribution in [1.29, 1.82) is 0 Å². The van der Waals surface area contributed by atoms with Crippen molar-refractivity contribution in [3.05, 3.63) is 63.3 Å². The summed E-state index contributed by atoms with van der Waals surface area (Å²) in [7, 11) is 0. The molecule has 3 aromatic rings. The summed E-state index contributed by atoms with van der Waals surface area (Å²) in [5, 5.41) is 0.370. The summed E-state index contributed by atoms with van der Waals surface area (Å²) in [5.74, 6) is 0. The van der Waals surface area contributed by atoms with Crippen LogP contribution in [0.4, 0.5) is 0 Å². The fourth-order valence-electron chi connectivity index (χ4n) is 1.82. The smallest absolute Gasteiger partial charge is 0.291 e. The molecule has 0 radical (unpaired) electrons. The molecule has 0 saturated carbocycles. The number of hydrogen-bond donors (Lipinski definition) is 2. The number of nitrogens with one attached hydrogen (secondary N) is 2. The van der Waals surface area contributed by atoms with E-state index < -0.39 is 11.2 Å². The highest BCUT2D eigenvalue weighted by atomic mass is 16.2. The molecular weight excluding hydrogens is 230 g/mol. The number of pyridine rings is 1. The molecule has 2 N–H and O–H groups in total. The van der Waals surface area contributed by atoms with E-state index in [1.165, 1.54) is 0 Å². The van der Waals surface area contributed by atoms with Crippen LogP contribution < -0.4 is 11.2 Å². The van der Waals surface area contributed by atoms with Crippen LogP contribution in [0.3, 0.4) is 0 Å². The fourth-order valence-corrected chi connectivity index (χ4v) is 1.82. The van der Waals surface area contributed by atoms with Crippen molar-refractivity contribution in [1.82, 2.24) is 15.0 Å². The van der Waals surface area contributed by atoms with Crippen LogP contribution >= 0.6 is 0 Å². The van der Waals surface area contributed by atoms with Gasteiger partial charge in [0.2, 0.25) is 0 Å². The molecule has 0 amide bonds. The number of H-pyrrole nitrogens is 2. The molecule has 0 aliphatic rings. The van der Waals surface area contributed by atoms with Crippen molar-refractivity contribution in [3.63, 3.8) is 0 Å². The Morgan fingerprint density at radius 3 is 2.44 bits per heavy atom. The Morgan fingerprint density at radius 1 is 0.889 bits per heavy atom. The Kier molecular flexibility index (Phi) is 2.30. The van der Waals surface area contributed by atoms with Crippen LogP contribution in [0.15, 0.2) is 52.1 Å². The highest BCUT2D eigenvalue weighted by Gasteiger charge is 2.04. The lowest BCUT2D eigenvalue weighted by Gasteiger charge is -2.01. The van der Waals surface area contributed by atoms with Gasteiger partial charge in [0.15, 0.2) is 0 Å². The molecule has 0 bridgehead atoms. The summed E-state index contributed by atoms with van der Waals surface area (Å²) in [6, 6.07) is 13.0. The van der Waals surface area contributed by atoms with E-state index in [0.717, 1.165) is 5.56 Å². The fraction of sp³-hybridized carbons (Fsp3) is 0. The molecule has 1 aromatic carbocycles. The largest absolute Gasteiger partial charge is 0.327 e. The van der Waals surface area contributed by atoms with Crippen LogP contribution in [-0.2, 0) is 0 Å². The summed E-state index contributed by atoms with van der Waals surface area (Å²) in [5.41, 5.74) is 0.959. The van der Waals surface area contributed by atoms with Crippen LogP contribution in [0.1, 0.15) is 0 Å². The van der Waals surface area contributed by atoms with Gasteiger partial charge < -0.3 is 0 Å². The van der Waals surface area contributed by atoms with Gasteiger partial charge in [-0.2, -0.15) is 0 Å². The maximum absolute atomic E-state index is 11.5. The molecule has 2 aromatic heterocycles. The molecule has 0 aliphatic heterocycles. The van der Waals surface area contributed by atoms with E-state index in [-0.39, 0.29) is 0 Å². The molecule has 18 heavy (non-hydrogen) atoms. The molecule has 3 rings (SSSR count). The molecule has 2 heterocycles. The molecule has 0 atom stereocenters. The molecule has 5 heteroatoms. The third kappa shape index (κ3) is 1.71. The van der Waals surface area contributed by atoms with Crippen LogP contribution in [-0.4, -0.2) is 15.0 Å². The first-order chi connectivity index (χ1) is 8.74. The Balaban J connectivity index is 2.29. The molecule has 88 valence electrons. The van der Waals surface area contributed by atoms with E-state index in [1.807, 2.05) is 30.3 Å². The van der Waals surface area contributed by atoms with Crippen LogP contribution in [0, 0.1) is 0 Å². The Labute approximate surface area is 101 Å². The van der Waals surface area contributed by atoms with Crippen molar-refractivity contribution >= 4 is 11.0 Å². The minimum Gasteiger partial charge on any atom is -0.291 e. The van der Waals surface area contributed by atoms with E-state index in [4.69, 9.17) is 0 Å². The van der Waals surface area contributed by atoms with Gasteiger partial charge in [0.1, 0.15) is 5.65 Å². The zero-order valence-corrected chi connectivity index (χ0v) is 9.31. The van der Waals surface area contributed by atoms with E-state index in [9.17, 15) is 9.59 Å². The zero-order valence-electron chi connectivity index (χ0n) is 9.31. The average Bonchev–Trinajstić information content (AvgIpc) is 2.39. The predicted octanol–water partition coefficient (Wildman–Crippen LogP) is 1.28. The van der Waals surface area contributed by atoms with Crippen LogP contribution in [0.5, 0.6) is 0 Å². The van der Waals surface area contributed by atoms with E-state index in [1.54, 1.807) is 12.1 Å². The molecule has 0 saturated heterocycles. The summed E-state index contributed by atoms with van der Waals surface area (Å²) in [6.07, 6.45) is 0. The standard InChI is InChI=1S/C13H9N3O2/c17-12-9-6-7-10(8-4-2-1-3-5-8)14-11(9)15-13(18)16-12/h1-7H,(H2,14,15,16,17,18). The minimum absolute atomic E-state index is 0.296. The van der Waals surface area contributed by atoms with Gasteiger partial charge in [-0.1, -0.05) is 30.3 Å². The van der Waals surface area contributed by atoms with E-state index >= 15 is 0 Å². The maximum Gasteiger partial charge on any atom is 0.327 e. The SMILES string of the molecule is O=c1[nH]c(=O)c2ccc(-c3ccccc3)nc2[nH]1. The van der Waals surface area contributed by atoms with Gasteiger partial charge in [-0.3, -0.25) is 14.8 Å². The summed E-state index contributed by atoms with van der Waals surface area (Å²) < 4.78 is 0.